The summed E-state index contributed by atoms with van der Waals surface area (Å²) in [6, 6.07) is 15.9. The molecule has 2 aromatic rings. The lowest BCUT2D eigenvalue weighted by Gasteiger charge is -2.19. The Morgan fingerprint density at radius 2 is 1.93 bits per heavy atom. The van der Waals surface area contributed by atoms with Gasteiger partial charge in [0.15, 0.2) is 5.96 Å². The van der Waals surface area contributed by atoms with Crippen LogP contribution in [0.25, 0.3) is 0 Å². The predicted octanol–water partition coefficient (Wildman–Crippen LogP) is 4.29. The van der Waals surface area contributed by atoms with Gasteiger partial charge in [-0.15, -0.1) is 24.0 Å². The molecule has 0 radical (unpaired) electrons. The van der Waals surface area contributed by atoms with E-state index in [1.165, 1.54) is 5.56 Å². The van der Waals surface area contributed by atoms with Crippen LogP contribution in [0.2, 0.25) is 0 Å². The fourth-order valence-corrected chi connectivity index (χ4v) is 3.37. The van der Waals surface area contributed by atoms with Crippen molar-refractivity contribution >= 4 is 51.8 Å². The van der Waals surface area contributed by atoms with E-state index >= 15 is 0 Å². The lowest BCUT2D eigenvalue weighted by molar-refractivity contribution is 0.0963. The Kier molecular flexibility index (Phi) is 11.1. The molecule has 3 N–H and O–H groups in total. The number of amides is 1. The Morgan fingerprint density at radius 3 is 2.61 bits per heavy atom. The van der Waals surface area contributed by atoms with Crippen molar-refractivity contribution < 1.29 is 4.79 Å². The first kappa shape index (κ1) is 24.4. The van der Waals surface area contributed by atoms with Crippen molar-refractivity contribution in [1.82, 2.24) is 16.0 Å². The van der Waals surface area contributed by atoms with Gasteiger partial charge in [-0.1, -0.05) is 46.3 Å². The first-order chi connectivity index (χ1) is 13.0. The molecular formula is C21H28BrIN4O. The van der Waals surface area contributed by atoms with Gasteiger partial charge in [-0.3, -0.25) is 9.79 Å². The Morgan fingerprint density at radius 1 is 1.18 bits per heavy atom. The quantitative estimate of drug-likeness (QED) is 0.270. The molecule has 0 saturated carbocycles. The average Bonchev–Trinajstić information content (AvgIpc) is 2.68. The van der Waals surface area contributed by atoms with E-state index in [2.05, 4.69) is 49.9 Å². The molecule has 0 aliphatic carbocycles. The second kappa shape index (κ2) is 12.8. The van der Waals surface area contributed by atoms with Crippen molar-refractivity contribution in [2.24, 2.45) is 4.99 Å². The fourth-order valence-electron chi connectivity index (χ4n) is 2.74. The van der Waals surface area contributed by atoms with E-state index in [-0.39, 0.29) is 35.9 Å². The molecule has 1 atom stereocenters. The van der Waals surface area contributed by atoms with E-state index in [0.717, 1.165) is 29.0 Å². The van der Waals surface area contributed by atoms with Gasteiger partial charge in [-0.05, 0) is 49.6 Å². The van der Waals surface area contributed by atoms with Crippen LogP contribution in [0, 0.1) is 0 Å². The van der Waals surface area contributed by atoms with Gasteiger partial charge in [0.05, 0.1) is 6.04 Å². The second-order valence-electron chi connectivity index (χ2n) is 6.18. The van der Waals surface area contributed by atoms with Crippen molar-refractivity contribution in [3.05, 3.63) is 69.7 Å². The molecule has 0 aromatic heterocycles. The number of carbonyl (C=O) groups excluding carboxylic acids is 1. The molecule has 28 heavy (non-hydrogen) atoms. The molecule has 0 spiro atoms. The van der Waals surface area contributed by atoms with Crippen LogP contribution in [0.15, 0.2) is 58.0 Å². The molecule has 152 valence electrons. The zero-order valence-electron chi connectivity index (χ0n) is 16.5. The third-order valence-corrected chi connectivity index (χ3v) is 4.88. The second-order valence-corrected chi connectivity index (χ2v) is 7.03. The van der Waals surface area contributed by atoms with Crippen molar-refractivity contribution in [3.63, 3.8) is 0 Å². The molecule has 0 bridgehead atoms. The number of guanidine groups is 1. The highest BCUT2D eigenvalue weighted by Crippen LogP contribution is 2.22. The minimum absolute atomic E-state index is 0. The molecule has 2 aromatic carbocycles. The maximum absolute atomic E-state index is 11.8. The molecule has 5 nitrogen and oxygen atoms in total. The molecule has 0 saturated heterocycles. The van der Waals surface area contributed by atoms with Crippen molar-refractivity contribution in [2.45, 2.75) is 26.3 Å². The number of rotatable bonds is 7. The first-order valence-electron chi connectivity index (χ1n) is 9.15. The normalized spacial score (nSPS) is 11.9. The number of nitrogens with one attached hydrogen (secondary N) is 3. The van der Waals surface area contributed by atoms with Gasteiger partial charge < -0.3 is 16.0 Å². The van der Waals surface area contributed by atoms with Crippen LogP contribution in [0.3, 0.4) is 0 Å². The highest BCUT2D eigenvalue weighted by atomic mass is 127. The van der Waals surface area contributed by atoms with Gasteiger partial charge in [-0.25, -0.2) is 0 Å². The number of benzene rings is 2. The average molecular weight is 559 g/mol. The third kappa shape index (κ3) is 7.43. The first-order valence-corrected chi connectivity index (χ1v) is 9.94. The molecule has 2 rings (SSSR count). The Bertz CT molecular complexity index is 797. The summed E-state index contributed by atoms with van der Waals surface area (Å²) in [5.41, 5.74) is 2.95. The Labute approximate surface area is 192 Å². The highest BCUT2D eigenvalue weighted by Gasteiger charge is 2.10. The number of carbonyl (C=O) groups is 1. The monoisotopic (exact) mass is 558 g/mol. The smallest absolute Gasteiger partial charge is 0.251 e. The van der Waals surface area contributed by atoms with Crippen LogP contribution < -0.4 is 16.0 Å². The molecule has 1 amide bonds. The lowest BCUT2D eigenvalue weighted by atomic mass is 10.1. The highest BCUT2D eigenvalue weighted by molar-refractivity contribution is 14.0. The summed E-state index contributed by atoms with van der Waals surface area (Å²) in [4.78, 5) is 16.4. The summed E-state index contributed by atoms with van der Waals surface area (Å²) in [6.45, 7) is 5.59. The summed E-state index contributed by atoms with van der Waals surface area (Å²) in [6.07, 6.45) is 0.769. The predicted molar refractivity (Wildman–Crippen MR) is 131 cm³/mol. The SMILES string of the molecule is CCNC(=NCCc1cccc(C(=O)NC)c1)NC(C)c1ccccc1Br.I. The van der Waals surface area contributed by atoms with Crippen LogP contribution in [-0.4, -0.2) is 32.0 Å². The summed E-state index contributed by atoms with van der Waals surface area (Å²) >= 11 is 3.60. The molecule has 0 heterocycles. The Hall–Kier alpha value is -1.61. The van der Waals surface area contributed by atoms with Gasteiger partial charge in [0.1, 0.15) is 0 Å². The molecule has 7 heteroatoms. The summed E-state index contributed by atoms with van der Waals surface area (Å²) in [7, 11) is 1.64. The molecular weight excluding hydrogens is 531 g/mol. The number of hydrogen-bond acceptors (Lipinski definition) is 2. The van der Waals surface area contributed by atoms with E-state index in [1.807, 2.05) is 49.4 Å². The minimum atomic E-state index is -0.0716. The van der Waals surface area contributed by atoms with E-state index in [9.17, 15) is 4.79 Å². The van der Waals surface area contributed by atoms with Crippen LogP contribution >= 0.6 is 39.9 Å². The van der Waals surface area contributed by atoms with Crippen LogP contribution in [0.1, 0.15) is 41.4 Å². The van der Waals surface area contributed by atoms with Crippen molar-refractivity contribution in [1.29, 1.82) is 0 Å². The van der Waals surface area contributed by atoms with Crippen LogP contribution in [-0.2, 0) is 6.42 Å². The largest absolute Gasteiger partial charge is 0.357 e. The van der Waals surface area contributed by atoms with E-state index in [0.29, 0.717) is 12.1 Å². The van der Waals surface area contributed by atoms with Gasteiger partial charge in [-0.2, -0.15) is 0 Å². The zero-order valence-corrected chi connectivity index (χ0v) is 20.4. The number of hydrogen-bond donors (Lipinski definition) is 3. The van der Waals surface area contributed by atoms with E-state index in [4.69, 9.17) is 0 Å². The van der Waals surface area contributed by atoms with Crippen molar-refractivity contribution in [3.8, 4) is 0 Å². The number of halogens is 2. The summed E-state index contributed by atoms with van der Waals surface area (Å²) < 4.78 is 1.08. The zero-order chi connectivity index (χ0) is 19.6. The summed E-state index contributed by atoms with van der Waals surface area (Å²) in [5.74, 6) is 0.709. The van der Waals surface area contributed by atoms with Gasteiger partial charge in [0.2, 0.25) is 0 Å². The lowest BCUT2D eigenvalue weighted by Crippen LogP contribution is -2.39. The number of nitrogens with zero attached hydrogens (tertiary/aromatic N) is 1. The minimum Gasteiger partial charge on any atom is -0.357 e. The van der Waals surface area contributed by atoms with E-state index in [1.54, 1.807) is 7.05 Å². The fraction of sp³-hybridized carbons (Fsp3) is 0.333. The molecule has 1 unspecified atom stereocenters. The maximum Gasteiger partial charge on any atom is 0.251 e. The standard InChI is InChI=1S/C21H27BrN4O.HI/c1-4-24-21(26-15(2)18-10-5-6-11-19(18)22)25-13-12-16-8-7-9-17(14-16)20(27)23-3;/h5-11,14-15H,4,12-13H2,1-3H3,(H,23,27)(H2,24,25,26);1H. The molecule has 0 aliphatic rings. The molecule has 0 fully saturated rings. The van der Waals surface area contributed by atoms with Gasteiger partial charge in [0, 0.05) is 30.2 Å². The maximum atomic E-state index is 11.8. The topological polar surface area (TPSA) is 65.5 Å². The number of aliphatic imine (C=N–C) groups is 1. The van der Waals surface area contributed by atoms with E-state index < -0.39 is 0 Å². The van der Waals surface area contributed by atoms with Crippen LogP contribution in [0.5, 0.6) is 0 Å². The van der Waals surface area contributed by atoms with Gasteiger partial charge in [0.25, 0.3) is 5.91 Å². The Balaban J connectivity index is 0.00000392. The third-order valence-electron chi connectivity index (χ3n) is 4.16. The molecule has 0 aliphatic heterocycles. The van der Waals surface area contributed by atoms with Crippen molar-refractivity contribution in [2.75, 3.05) is 20.1 Å². The van der Waals surface area contributed by atoms with Crippen LogP contribution in [0.4, 0.5) is 0 Å². The summed E-state index contributed by atoms with van der Waals surface area (Å²) in [5, 5.41) is 9.38. The van der Waals surface area contributed by atoms with Gasteiger partial charge >= 0.3 is 0 Å².